The number of nitrogens with one attached hydrogen (secondary N) is 1. The van der Waals surface area contributed by atoms with Crippen molar-refractivity contribution in [3.63, 3.8) is 0 Å². The molecule has 0 unspecified atom stereocenters. The summed E-state index contributed by atoms with van der Waals surface area (Å²) in [4.78, 5) is 7.82. The van der Waals surface area contributed by atoms with Gasteiger partial charge >= 0.3 is 0 Å². The van der Waals surface area contributed by atoms with Crippen LogP contribution >= 0.6 is 11.6 Å². The van der Waals surface area contributed by atoms with Crippen molar-refractivity contribution < 1.29 is 4.74 Å². The predicted octanol–water partition coefficient (Wildman–Crippen LogP) is 1.14. The minimum Gasteiger partial charge on any atom is -0.481 e. The molecule has 0 aliphatic heterocycles. The van der Waals surface area contributed by atoms with Crippen LogP contribution in [0.5, 0.6) is 5.88 Å². The number of ether oxygens (including phenoxy) is 1. The normalized spacial score (nSPS) is 9.50. The average molecular weight is 188 g/mol. The molecule has 1 rings (SSSR count). The van der Waals surface area contributed by atoms with E-state index in [-0.39, 0.29) is 0 Å². The zero-order valence-electron chi connectivity index (χ0n) is 6.75. The minimum absolute atomic E-state index is 0.544. The van der Waals surface area contributed by atoms with Crippen molar-refractivity contribution in [1.82, 2.24) is 9.97 Å². The molecule has 0 fully saturated rings. The van der Waals surface area contributed by atoms with Crippen molar-refractivity contribution in [1.29, 1.82) is 0 Å². The van der Waals surface area contributed by atoms with Gasteiger partial charge in [0.1, 0.15) is 12.1 Å². The summed E-state index contributed by atoms with van der Waals surface area (Å²) in [6.45, 7) is 0.682. The summed E-state index contributed by atoms with van der Waals surface area (Å²) >= 11 is 5.49. The lowest BCUT2D eigenvalue weighted by Gasteiger charge is -2.03. The lowest BCUT2D eigenvalue weighted by Crippen LogP contribution is -2.04. The van der Waals surface area contributed by atoms with E-state index >= 15 is 0 Å². The number of halogens is 1. The summed E-state index contributed by atoms with van der Waals surface area (Å²) in [6.07, 6.45) is 1.44. The molecule has 0 aliphatic rings. The third-order valence-corrected chi connectivity index (χ3v) is 1.44. The molecule has 1 N–H and O–H groups in total. The maximum absolute atomic E-state index is 5.49. The van der Waals surface area contributed by atoms with Crippen LogP contribution in [0.2, 0.25) is 0 Å². The highest BCUT2D eigenvalue weighted by molar-refractivity contribution is 6.18. The van der Waals surface area contributed by atoms with Crippen molar-refractivity contribution in [3.8, 4) is 5.88 Å². The molecule has 5 heteroatoms. The van der Waals surface area contributed by atoms with Gasteiger partial charge in [-0.2, -0.15) is 0 Å². The fourth-order valence-corrected chi connectivity index (χ4v) is 0.818. The molecule has 1 aromatic heterocycles. The van der Waals surface area contributed by atoms with Crippen LogP contribution in [0, 0.1) is 0 Å². The van der Waals surface area contributed by atoms with Gasteiger partial charge in [0.2, 0.25) is 5.88 Å². The molecule has 0 saturated carbocycles. The molecule has 4 nitrogen and oxygen atoms in total. The molecule has 1 aromatic rings. The second-order valence-corrected chi connectivity index (χ2v) is 2.44. The summed E-state index contributed by atoms with van der Waals surface area (Å²) in [5.74, 6) is 1.82. The van der Waals surface area contributed by atoms with Crippen LogP contribution in [0.1, 0.15) is 0 Å². The topological polar surface area (TPSA) is 47.0 Å². The summed E-state index contributed by atoms with van der Waals surface area (Å²) < 4.78 is 4.91. The summed E-state index contributed by atoms with van der Waals surface area (Å²) in [5, 5.41) is 3.01. The largest absolute Gasteiger partial charge is 0.481 e. The van der Waals surface area contributed by atoms with Gasteiger partial charge in [0.05, 0.1) is 7.11 Å². The maximum Gasteiger partial charge on any atom is 0.218 e. The quantitative estimate of drug-likeness (QED) is 0.719. The molecular weight excluding hydrogens is 178 g/mol. The van der Waals surface area contributed by atoms with E-state index in [1.165, 1.54) is 6.33 Å². The molecule has 1 heterocycles. The Bertz CT molecular complexity index is 244. The number of anilines is 1. The van der Waals surface area contributed by atoms with Gasteiger partial charge in [0, 0.05) is 18.5 Å². The zero-order chi connectivity index (χ0) is 8.81. The molecule has 0 radical (unpaired) electrons. The number of alkyl halides is 1. The van der Waals surface area contributed by atoms with Crippen LogP contribution in [-0.2, 0) is 0 Å². The number of nitrogens with zero attached hydrogens (tertiary/aromatic N) is 2. The highest BCUT2D eigenvalue weighted by Crippen LogP contribution is 2.09. The molecule has 0 saturated heterocycles. The van der Waals surface area contributed by atoms with Crippen LogP contribution in [0.3, 0.4) is 0 Å². The summed E-state index contributed by atoms with van der Waals surface area (Å²) in [7, 11) is 1.56. The number of hydrogen-bond donors (Lipinski definition) is 1. The third kappa shape index (κ3) is 2.54. The SMILES string of the molecule is COc1cc(NCCCl)ncn1. The molecule has 0 aliphatic carbocycles. The van der Waals surface area contributed by atoms with E-state index in [9.17, 15) is 0 Å². The molecule has 0 spiro atoms. The van der Waals surface area contributed by atoms with Gasteiger partial charge in [-0.3, -0.25) is 0 Å². The van der Waals surface area contributed by atoms with Gasteiger partial charge < -0.3 is 10.1 Å². The van der Waals surface area contributed by atoms with Crippen molar-refractivity contribution in [3.05, 3.63) is 12.4 Å². The van der Waals surface area contributed by atoms with Gasteiger partial charge in [-0.1, -0.05) is 0 Å². The van der Waals surface area contributed by atoms with E-state index in [0.717, 1.165) is 5.82 Å². The van der Waals surface area contributed by atoms with Crippen LogP contribution in [0.25, 0.3) is 0 Å². The Hall–Kier alpha value is -1.03. The maximum atomic E-state index is 5.49. The predicted molar refractivity (Wildman–Crippen MR) is 47.8 cm³/mol. The van der Waals surface area contributed by atoms with E-state index in [4.69, 9.17) is 16.3 Å². The summed E-state index contributed by atoms with van der Waals surface area (Å²) in [6, 6.07) is 1.71. The molecule has 0 bridgehead atoms. The van der Waals surface area contributed by atoms with Crippen molar-refractivity contribution >= 4 is 17.4 Å². The van der Waals surface area contributed by atoms with Gasteiger partial charge in [-0.05, 0) is 0 Å². The van der Waals surface area contributed by atoms with E-state index in [2.05, 4.69) is 15.3 Å². The molecule has 66 valence electrons. The first kappa shape index (κ1) is 9.06. The zero-order valence-corrected chi connectivity index (χ0v) is 7.51. The Kier molecular flexibility index (Phi) is 3.60. The number of methoxy groups -OCH3 is 1. The Labute approximate surface area is 75.9 Å². The minimum atomic E-state index is 0.544. The smallest absolute Gasteiger partial charge is 0.218 e. The van der Waals surface area contributed by atoms with Crippen molar-refractivity contribution in [2.24, 2.45) is 0 Å². The standard InChI is InChI=1S/C7H10ClN3O/c1-12-7-4-6(9-3-2-8)10-5-11-7/h4-5H,2-3H2,1H3,(H,9,10,11). The van der Waals surface area contributed by atoms with Gasteiger partial charge in [-0.15, -0.1) is 11.6 Å². The van der Waals surface area contributed by atoms with Crippen LogP contribution in [0.4, 0.5) is 5.82 Å². The van der Waals surface area contributed by atoms with Crippen LogP contribution in [0.15, 0.2) is 12.4 Å². The lowest BCUT2D eigenvalue weighted by molar-refractivity contribution is 0.397. The second kappa shape index (κ2) is 4.77. The second-order valence-electron chi connectivity index (χ2n) is 2.06. The highest BCUT2D eigenvalue weighted by Gasteiger charge is 1.95. The Morgan fingerprint density at radius 1 is 1.58 bits per heavy atom. The summed E-state index contributed by atoms with van der Waals surface area (Å²) in [5.41, 5.74) is 0. The Balaban J connectivity index is 2.60. The van der Waals surface area contributed by atoms with Crippen molar-refractivity contribution in [2.75, 3.05) is 24.9 Å². The first-order chi connectivity index (χ1) is 5.86. The van der Waals surface area contributed by atoms with E-state index in [0.29, 0.717) is 18.3 Å². The Morgan fingerprint density at radius 2 is 2.42 bits per heavy atom. The van der Waals surface area contributed by atoms with Gasteiger partial charge in [0.25, 0.3) is 0 Å². The van der Waals surface area contributed by atoms with E-state index < -0.39 is 0 Å². The third-order valence-electron chi connectivity index (χ3n) is 1.25. The van der Waals surface area contributed by atoms with Crippen molar-refractivity contribution in [2.45, 2.75) is 0 Å². The first-order valence-electron chi connectivity index (χ1n) is 3.52. The lowest BCUT2D eigenvalue weighted by atomic mass is 10.5. The highest BCUT2D eigenvalue weighted by atomic mass is 35.5. The molecule has 0 aromatic carbocycles. The van der Waals surface area contributed by atoms with Gasteiger partial charge in [-0.25, -0.2) is 9.97 Å². The number of aromatic nitrogens is 2. The average Bonchev–Trinajstić information content (AvgIpc) is 2.15. The molecule has 12 heavy (non-hydrogen) atoms. The fourth-order valence-electron chi connectivity index (χ4n) is 0.723. The van der Waals surface area contributed by atoms with Crippen LogP contribution in [-0.4, -0.2) is 29.5 Å². The van der Waals surface area contributed by atoms with E-state index in [1.54, 1.807) is 13.2 Å². The van der Waals surface area contributed by atoms with E-state index in [1.807, 2.05) is 0 Å². The Morgan fingerprint density at radius 3 is 3.08 bits per heavy atom. The monoisotopic (exact) mass is 187 g/mol. The number of hydrogen-bond acceptors (Lipinski definition) is 4. The first-order valence-corrected chi connectivity index (χ1v) is 4.06. The van der Waals surface area contributed by atoms with Crippen LogP contribution < -0.4 is 10.1 Å². The molecule has 0 amide bonds. The molecule has 0 atom stereocenters. The molecular formula is C7H10ClN3O. The van der Waals surface area contributed by atoms with Gasteiger partial charge in [0.15, 0.2) is 0 Å². The number of rotatable bonds is 4. The fraction of sp³-hybridized carbons (Fsp3) is 0.429.